The Morgan fingerprint density at radius 1 is 0.898 bits per heavy atom. The van der Waals surface area contributed by atoms with Crippen molar-refractivity contribution >= 4 is 35.0 Å². The first kappa shape index (κ1) is 34.5. The van der Waals surface area contributed by atoms with Crippen LogP contribution in [-0.2, 0) is 22.7 Å². The van der Waals surface area contributed by atoms with Gasteiger partial charge in [0.15, 0.2) is 0 Å². The molecule has 4 heterocycles. The van der Waals surface area contributed by atoms with E-state index in [2.05, 4.69) is 25.9 Å². The number of hydrogen-bond donors (Lipinski definition) is 3. The molecule has 49 heavy (non-hydrogen) atoms. The second-order valence-electron chi connectivity index (χ2n) is 12.0. The van der Waals surface area contributed by atoms with Gasteiger partial charge in [-0.15, -0.1) is 0 Å². The maximum absolute atomic E-state index is 11.7. The van der Waals surface area contributed by atoms with Gasteiger partial charge in [0.25, 0.3) is 0 Å². The highest BCUT2D eigenvalue weighted by atomic mass is 35.5. The fourth-order valence-electron chi connectivity index (χ4n) is 6.15. The number of hydrogen-bond acceptors (Lipinski definition) is 10. The fraction of sp³-hybridized carbons (Fsp3) is 0.371. The SMILES string of the molecule is COc1nc(-c2cccc(-c3cccc(-c4cnc(CNC5CCN(C(C)=O)C5)c(OC)n4)c3Cl)c2Cl)cnc1CNC[C@H]1CCC(=O)N1. The van der Waals surface area contributed by atoms with E-state index in [0.29, 0.717) is 99.4 Å². The van der Waals surface area contributed by atoms with Crippen molar-refractivity contribution in [2.24, 2.45) is 0 Å². The van der Waals surface area contributed by atoms with Crippen molar-refractivity contribution in [1.29, 1.82) is 0 Å². The molecule has 2 aliphatic rings. The molecule has 0 aliphatic carbocycles. The zero-order valence-electron chi connectivity index (χ0n) is 27.6. The number of nitrogens with one attached hydrogen (secondary N) is 3. The summed E-state index contributed by atoms with van der Waals surface area (Å²) >= 11 is 14.1. The zero-order valence-corrected chi connectivity index (χ0v) is 29.1. The third-order valence-corrected chi connectivity index (χ3v) is 9.62. The molecular weight excluding hydrogens is 667 g/mol. The molecule has 0 spiro atoms. The zero-order chi connectivity index (χ0) is 34.5. The molecule has 0 saturated carbocycles. The van der Waals surface area contributed by atoms with Gasteiger partial charge in [0.05, 0.1) is 48.0 Å². The number of methoxy groups -OCH3 is 2. The minimum absolute atomic E-state index is 0.0803. The van der Waals surface area contributed by atoms with E-state index < -0.39 is 0 Å². The summed E-state index contributed by atoms with van der Waals surface area (Å²) < 4.78 is 11.2. The maximum Gasteiger partial charge on any atom is 0.237 e. The van der Waals surface area contributed by atoms with E-state index in [1.165, 1.54) is 0 Å². The molecule has 256 valence electrons. The van der Waals surface area contributed by atoms with Crippen LogP contribution in [0.25, 0.3) is 33.6 Å². The fourth-order valence-corrected chi connectivity index (χ4v) is 6.80. The molecule has 4 aromatic rings. The molecule has 12 nitrogen and oxygen atoms in total. The first-order valence-corrected chi connectivity index (χ1v) is 16.9. The highest BCUT2D eigenvalue weighted by Gasteiger charge is 2.25. The first-order chi connectivity index (χ1) is 23.7. The number of aromatic nitrogens is 4. The lowest BCUT2D eigenvalue weighted by Crippen LogP contribution is -2.35. The Morgan fingerprint density at radius 2 is 1.47 bits per heavy atom. The Balaban J connectivity index is 1.20. The minimum atomic E-state index is 0.0803. The summed E-state index contributed by atoms with van der Waals surface area (Å²) in [4.78, 5) is 43.8. The number of carbonyl (C=O) groups is 2. The highest BCUT2D eigenvalue weighted by molar-refractivity contribution is 6.39. The van der Waals surface area contributed by atoms with E-state index >= 15 is 0 Å². The van der Waals surface area contributed by atoms with Crippen LogP contribution in [0.1, 0.15) is 37.6 Å². The van der Waals surface area contributed by atoms with Gasteiger partial charge in [0.1, 0.15) is 11.4 Å². The number of amides is 2. The van der Waals surface area contributed by atoms with Gasteiger partial charge in [-0.05, 0) is 12.8 Å². The highest BCUT2D eigenvalue weighted by Crippen LogP contribution is 2.42. The minimum Gasteiger partial charge on any atom is -0.480 e. The van der Waals surface area contributed by atoms with Crippen LogP contribution in [0.5, 0.6) is 11.8 Å². The molecule has 2 aromatic carbocycles. The van der Waals surface area contributed by atoms with Crippen molar-refractivity contribution in [1.82, 2.24) is 40.8 Å². The quantitative estimate of drug-likeness (QED) is 0.190. The van der Waals surface area contributed by atoms with E-state index in [0.717, 1.165) is 19.4 Å². The molecule has 14 heteroatoms. The third-order valence-electron chi connectivity index (χ3n) is 8.81. The van der Waals surface area contributed by atoms with Crippen LogP contribution in [0.4, 0.5) is 0 Å². The van der Waals surface area contributed by atoms with Crippen molar-refractivity contribution in [3.8, 4) is 45.4 Å². The van der Waals surface area contributed by atoms with E-state index in [1.807, 2.05) is 41.3 Å². The molecule has 1 unspecified atom stereocenters. The van der Waals surface area contributed by atoms with Gasteiger partial charge in [-0.3, -0.25) is 19.6 Å². The smallest absolute Gasteiger partial charge is 0.237 e. The topological polar surface area (TPSA) is 143 Å². The lowest BCUT2D eigenvalue weighted by molar-refractivity contribution is -0.127. The summed E-state index contributed by atoms with van der Waals surface area (Å²) in [5.74, 6) is 0.939. The molecule has 2 amide bonds. The predicted molar refractivity (Wildman–Crippen MR) is 187 cm³/mol. The third kappa shape index (κ3) is 7.78. The number of likely N-dealkylation sites (tertiary alicyclic amines) is 1. The number of rotatable bonds is 12. The summed E-state index contributed by atoms with van der Waals surface area (Å²) in [5, 5.41) is 10.7. The van der Waals surface area contributed by atoms with Crippen molar-refractivity contribution in [2.75, 3.05) is 33.9 Å². The molecular formula is C35H38Cl2N8O4. The lowest BCUT2D eigenvalue weighted by Gasteiger charge is -2.16. The molecule has 6 rings (SSSR count). The Bertz CT molecular complexity index is 1860. The van der Waals surface area contributed by atoms with Crippen molar-refractivity contribution in [3.63, 3.8) is 0 Å². The molecule has 0 bridgehead atoms. The van der Waals surface area contributed by atoms with E-state index in [4.69, 9.17) is 42.6 Å². The Kier molecular flexibility index (Phi) is 10.9. The average molecular weight is 706 g/mol. The second kappa shape index (κ2) is 15.5. The van der Waals surface area contributed by atoms with E-state index in [9.17, 15) is 9.59 Å². The Labute approximate surface area is 295 Å². The monoisotopic (exact) mass is 704 g/mol. The molecule has 2 saturated heterocycles. The molecule has 2 fully saturated rings. The van der Waals surface area contributed by atoms with Crippen LogP contribution < -0.4 is 25.4 Å². The molecule has 0 radical (unpaired) electrons. The Morgan fingerprint density at radius 3 is 1.98 bits per heavy atom. The van der Waals surface area contributed by atoms with Crippen LogP contribution in [0, 0.1) is 0 Å². The average Bonchev–Trinajstić information content (AvgIpc) is 3.77. The standard InChI is InChI=1S/C35H38Cl2N8O4/c1-20(46)45-13-12-22(19-45)39-18-30-35(49-3)44-28(17-41-30)26-9-5-7-24(33(26)37)23-6-4-8-25(32(23)36)27-16-40-29(34(43-27)48-2)15-38-14-21-10-11-31(47)42-21/h4-9,16-17,21-22,38-39H,10-15,18-19H2,1-3H3,(H,42,47)/t21-,22?/m1/s1. The van der Waals surface area contributed by atoms with Gasteiger partial charge in [-0.25, -0.2) is 9.97 Å². The molecule has 2 aliphatic heterocycles. The molecule has 3 N–H and O–H groups in total. The number of carbonyl (C=O) groups excluding carboxylic acids is 2. The lowest BCUT2D eigenvalue weighted by atomic mass is 9.98. The van der Waals surface area contributed by atoms with Crippen LogP contribution in [0.15, 0.2) is 48.8 Å². The van der Waals surface area contributed by atoms with Crippen molar-refractivity contribution in [3.05, 3.63) is 70.2 Å². The summed E-state index contributed by atoms with van der Waals surface area (Å²) in [5.41, 5.74) is 5.20. The first-order valence-electron chi connectivity index (χ1n) is 16.1. The Hall–Kier alpha value is -4.36. The maximum atomic E-state index is 11.7. The van der Waals surface area contributed by atoms with Gasteiger partial charge in [-0.2, -0.15) is 0 Å². The predicted octanol–water partition coefficient (Wildman–Crippen LogP) is 4.67. The molecule has 2 aromatic heterocycles. The van der Waals surface area contributed by atoms with Gasteiger partial charge < -0.3 is 30.3 Å². The van der Waals surface area contributed by atoms with Crippen molar-refractivity contribution in [2.45, 2.75) is 51.4 Å². The number of benzene rings is 2. The van der Waals surface area contributed by atoms with Crippen LogP contribution in [0.3, 0.4) is 0 Å². The summed E-state index contributed by atoms with van der Waals surface area (Å²) in [7, 11) is 3.11. The van der Waals surface area contributed by atoms with E-state index in [1.54, 1.807) is 33.5 Å². The number of ether oxygens (including phenoxy) is 2. The van der Waals surface area contributed by atoms with Crippen LogP contribution in [0.2, 0.25) is 10.0 Å². The van der Waals surface area contributed by atoms with Gasteiger partial charge in [-0.1, -0.05) is 59.6 Å². The summed E-state index contributed by atoms with van der Waals surface area (Å²) in [6, 6.07) is 11.6. The van der Waals surface area contributed by atoms with Crippen LogP contribution >= 0.6 is 23.2 Å². The van der Waals surface area contributed by atoms with Crippen molar-refractivity contribution < 1.29 is 19.1 Å². The van der Waals surface area contributed by atoms with Gasteiger partial charge in [0, 0.05) is 80.4 Å². The number of nitrogens with zero attached hydrogens (tertiary/aromatic N) is 5. The summed E-state index contributed by atoms with van der Waals surface area (Å²) in [6.45, 7) is 4.52. The van der Waals surface area contributed by atoms with Gasteiger partial charge in [0.2, 0.25) is 23.6 Å². The van der Waals surface area contributed by atoms with Gasteiger partial charge >= 0.3 is 0 Å². The normalized spacial score (nSPS) is 17.3. The van der Waals surface area contributed by atoms with Crippen LogP contribution in [-0.4, -0.2) is 82.6 Å². The van der Waals surface area contributed by atoms with E-state index in [-0.39, 0.29) is 23.9 Å². The summed E-state index contributed by atoms with van der Waals surface area (Å²) in [6.07, 6.45) is 5.60. The largest absolute Gasteiger partial charge is 0.480 e. The molecule has 2 atom stereocenters. The second-order valence-corrected chi connectivity index (χ2v) is 12.8. The number of halogens is 2.